The van der Waals surface area contributed by atoms with Crippen LogP contribution in [-0.4, -0.2) is 43.3 Å². The van der Waals surface area contributed by atoms with Gasteiger partial charge in [-0.05, 0) is 75.1 Å². The van der Waals surface area contributed by atoms with E-state index in [4.69, 9.17) is 31.5 Å². The molecular weight excluding hydrogens is 484 g/mol. The lowest BCUT2D eigenvalue weighted by Crippen LogP contribution is -2.41. The first-order chi connectivity index (χ1) is 17.1. The standard InChI is InChI=1S/C27H33ClN2O6/c1-26(2,24(32)34-18-35-25(33)27(17-29)14-3-4-15-27)36-22-11-5-19(6-12-22)13-16-30-23(31)20-7-9-21(28)10-8-20/h5-12H,3-4,13-18,29H2,1-2H3,(H,30,31). The SMILES string of the molecule is CC(C)(Oc1ccc(CCNC(=O)c2ccc(Cl)cc2)cc1)C(=O)OCOC(=O)C1(CN)CCCC1. The monoisotopic (exact) mass is 516 g/mol. The number of rotatable bonds is 11. The highest BCUT2D eigenvalue weighted by Crippen LogP contribution is 2.38. The van der Waals surface area contributed by atoms with Crippen molar-refractivity contribution in [3.05, 3.63) is 64.7 Å². The quantitative estimate of drug-likeness (QED) is 0.342. The Kier molecular flexibility index (Phi) is 9.34. The minimum Gasteiger partial charge on any atom is -0.476 e. The number of carbonyl (C=O) groups is 3. The first-order valence-electron chi connectivity index (χ1n) is 12.0. The fraction of sp³-hybridized carbons (Fsp3) is 0.444. The van der Waals surface area contributed by atoms with Crippen LogP contribution in [0.5, 0.6) is 5.75 Å². The molecule has 36 heavy (non-hydrogen) atoms. The Balaban J connectivity index is 1.42. The summed E-state index contributed by atoms with van der Waals surface area (Å²) in [5, 5.41) is 3.45. The second-order valence-corrected chi connectivity index (χ2v) is 9.88. The first-order valence-corrected chi connectivity index (χ1v) is 12.4. The van der Waals surface area contributed by atoms with Gasteiger partial charge in [0.1, 0.15) is 5.75 Å². The van der Waals surface area contributed by atoms with E-state index in [1.54, 1.807) is 50.2 Å². The van der Waals surface area contributed by atoms with E-state index in [0.717, 1.165) is 18.4 Å². The van der Waals surface area contributed by atoms with Crippen LogP contribution in [0.3, 0.4) is 0 Å². The van der Waals surface area contributed by atoms with Gasteiger partial charge in [0.2, 0.25) is 6.79 Å². The fourth-order valence-electron chi connectivity index (χ4n) is 4.09. The third-order valence-corrected chi connectivity index (χ3v) is 6.61. The van der Waals surface area contributed by atoms with Crippen molar-refractivity contribution < 1.29 is 28.6 Å². The van der Waals surface area contributed by atoms with Gasteiger partial charge in [-0.3, -0.25) is 9.59 Å². The Morgan fingerprint density at radius 1 is 1.00 bits per heavy atom. The summed E-state index contributed by atoms with van der Waals surface area (Å²) < 4.78 is 16.1. The van der Waals surface area contributed by atoms with Crippen LogP contribution in [0.2, 0.25) is 5.02 Å². The molecule has 0 unspecified atom stereocenters. The predicted molar refractivity (Wildman–Crippen MR) is 136 cm³/mol. The number of ether oxygens (including phenoxy) is 3. The molecule has 1 aliphatic rings. The molecule has 0 atom stereocenters. The minimum absolute atomic E-state index is 0.168. The molecule has 0 heterocycles. The van der Waals surface area contributed by atoms with Gasteiger partial charge in [0.25, 0.3) is 5.91 Å². The molecule has 0 spiro atoms. The van der Waals surface area contributed by atoms with Gasteiger partial charge in [0, 0.05) is 23.7 Å². The number of hydrogen-bond acceptors (Lipinski definition) is 7. The van der Waals surface area contributed by atoms with Gasteiger partial charge in [0.15, 0.2) is 5.60 Å². The molecule has 1 fully saturated rings. The van der Waals surface area contributed by atoms with Crippen LogP contribution >= 0.6 is 11.6 Å². The molecule has 0 radical (unpaired) electrons. The number of carbonyl (C=O) groups excluding carboxylic acids is 3. The van der Waals surface area contributed by atoms with Crippen LogP contribution in [0.15, 0.2) is 48.5 Å². The second-order valence-electron chi connectivity index (χ2n) is 9.44. The average Bonchev–Trinajstić information content (AvgIpc) is 3.36. The smallest absolute Gasteiger partial charge is 0.352 e. The topological polar surface area (TPSA) is 117 Å². The maximum absolute atomic E-state index is 12.5. The summed E-state index contributed by atoms with van der Waals surface area (Å²) in [6.45, 7) is 3.36. The molecule has 2 aromatic rings. The van der Waals surface area contributed by atoms with Gasteiger partial charge in [-0.1, -0.05) is 36.6 Å². The van der Waals surface area contributed by atoms with Gasteiger partial charge < -0.3 is 25.3 Å². The third-order valence-electron chi connectivity index (χ3n) is 6.36. The van der Waals surface area contributed by atoms with Crippen molar-refractivity contribution in [3.63, 3.8) is 0 Å². The molecule has 1 aliphatic carbocycles. The predicted octanol–water partition coefficient (Wildman–Crippen LogP) is 4.03. The van der Waals surface area contributed by atoms with Crippen molar-refractivity contribution in [1.29, 1.82) is 0 Å². The van der Waals surface area contributed by atoms with Crippen LogP contribution < -0.4 is 15.8 Å². The van der Waals surface area contributed by atoms with Gasteiger partial charge in [-0.25, -0.2) is 4.79 Å². The molecule has 8 nitrogen and oxygen atoms in total. The normalized spacial score (nSPS) is 14.7. The molecule has 0 aromatic heterocycles. The van der Waals surface area contributed by atoms with Crippen molar-refractivity contribution in [2.75, 3.05) is 19.9 Å². The van der Waals surface area contributed by atoms with E-state index in [0.29, 0.717) is 42.1 Å². The van der Waals surface area contributed by atoms with Crippen LogP contribution in [-0.2, 0) is 25.5 Å². The highest BCUT2D eigenvalue weighted by atomic mass is 35.5. The van der Waals surface area contributed by atoms with E-state index >= 15 is 0 Å². The summed E-state index contributed by atoms with van der Waals surface area (Å²) in [5.41, 5.74) is 5.36. The molecule has 2 aromatic carbocycles. The number of benzene rings is 2. The Bertz CT molecular complexity index is 1050. The van der Waals surface area contributed by atoms with Crippen LogP contribution in [0, 0.1) is 5.41 Å². The summed E-state index contributed by atoms with van der Waals surface area (Å²) in [4.78, 5) is 37.1. The highest BCUT2D eigenvalue weighted by molar-refractivity contribution is 6.30. The van der Waals surface area contributed by atoms with E-state index in [1.165, 1.54) is 0 Å². The van der Waals surface area contributed by atoms with Crippen molar-refractivity contribution in [1.82, 2.24) is 5.32 Å². The molecule has 194 valence electrons. The van der Waals surface area contributed by atoms with E-state index in [9.17, 15) is 14.4 Å². The largest absolute Gasteiger partial charge is 0.476 e. The number of esters is 2. The van der Waals surface area contributed by atoms with E-state index in [2.05, 4.69) is 5.32 Å². The molecule has 3 rings (SSSR count). The Morgan fingerprint density at radius 2 is 1.64 bits per heavy atom. The zero-order valence-corrected chi connectivity index (χ0v) is 21.4. The van der Waals surface area contributed by atoms with Crippen LogP contribution in [0.4, 0.5) is 0 Å². The first kappa shape index (κ1) is 27.5. The lowest BCUT2D eigenvalue weighted by atomic mass is 9.86. The molecular formula is C27H33ClN2O6. The number of nitrogens with two attached hydrogens (primary N) is 1. The van der Waals surface area contributed by atoms with Crippen LogP contribution in [0.25, 0.3) is 0 Å². The lowest BCUT2D eigenvalue weighted by Gasteiger charge is -2.26. The number of nitrogens with one attached hydrogen (secondary N) is 1. The molecule has 0 saturated heterocycles. The van der Waals surface area contributed by atoms with Gasteiger partial charge in [0.05, 0.1) is 5.41 Å². The van der Waals surface area contributed by atoms with E-state index < -0.39 is 29.7 Å². The van der Waals surface area contributed by atoms with Gasteiger partial charge in [-0.2, -0.15) is 0 Å². The second kappa shape index (κ2) is 12.2. The molecule has 9 heteroatoms. The Labute approximate surface area is 216 Å². The molecule has 0 aliphatic heterocycles. The maximum atomic E-state index is 12.5. The van der Waals surface area contributed by atoms with Crippen molar-refractivity contribution in [3.8, 4) is 5.75 Å². The van der Waals surface area contributed by atoms with Crippen LogP contribution in [0.1, 0.15) is 55.5 Å². The summed E-state index contributed by atoms with van der Waals surface area (Å²) in [5.74, 6) is -0.763. The van der Waals surface area contributed by atoms with E-state index in [1.807, 2.05) is 12.1 Å². The van der Waals surface area contributed by atoms with E-state index in [-0.39, 0.29) is 12.5 Å². The summed E-state index contributed by atoms with van der Waals surface area (Å²) >= 11 is 5.85. The Hall–Kier alpha value is -3.10. The summed E-state index contributed by atoms with van der Waals surface area (Å²) in [6, 6.07) is 13.9. The van der Waals surface area contributed by atoms with Gasteiger partial charge >= 0.3 is 11.9 Å². The summed E-state index contributed by atoms with van der Waals surface area (Å²) in [6.07, 6.45) is 3.87. The van der Waals surface area contributed by atoms with Crippen molar-refractivity contribution in [2.24, 2.45) is 11.1 Å². The minimum atomic E-state index is -1.29. The molecule has 3 N–H and O–H groups in total. The van der Waals surface area contributed by atoms with Crippen molar-refractivity contribution >= 4 is 29.4 Å². The number of hydrogen-bond donors (Lipinski definition) is 2. The molecule has 1 saturated carbocycles. The molecule has 1 amide bonds. The Morgan fingerprint density at radius 3 is 2.25 bits per heavy atom. The zero-order valence-electron chi connectivity index (χ0n) is 20.7. The average molecular weight is 517 g/mol. The van der Waals surface area contributed by atoms with Crippen molar-refractivity contribution in [2.45, 2.75) is 51.6 Å². The summed E-state index contributed by atoms with van der Waals surface area (Å²) in [7, 11) is 0. The highest BCUT2D eigenvalue weighted by Gasteiger charge is 2.41. The number of halogens is 1. The zero-order chi connectivity index (χ0) is 26.2. The van der Waals surface area contributed by atoms with Gasteiger partial charge in [-0.15, -0.1) is 0 Å². The lowest BCUT2D eigenvalue weighted by molar-refractivity contribution is -0.182. The number of amides is 1. The molecule has 0 bridgehead atoms. The third kappa shape index (κ3) is 7.21. The maximum Gasteiger partial charge on any atom is 0.352 e. The fourth-order valence-corrected chi connectivity index (χ4v) is 4.22.